The number of fused-ring (bicyclic) bond motifs is 1. The fourth-order valence-corrected chi connectivity index (χ4v) is 2.93. The van der Waals surface area contributed by atoms with Crippen LogP contribution in [0.25, 0.3) is 10.9 Å². The van der Waals surface area contributed by atoms with Crippen LogP contribution in [0.3, 0.4) is 0 Å². The third kappa shape index (κ3) is 4.52. The highest BCUT2D eigenvalue weighted by Crippen LogP contribution is 2.14. The molecule has 1 unspecified atom stereocenters. The van der Waals surface area contributed by atoms with Gasteiger partial charge in [0.2, 0.25) is 0 Å². The summed E-state index contributed by atoms with van der Waals surface area (Å²) in [7, 11) is 1.60. The van der Waals surface area contributed by atoms with Gasteiger partial charge in [-0.1, -0.05) is 24.3 Å². The highest BCUT2D eigenvalue weighted by atomic mass is 16.5. The molecule has 0 aliphatic carbocycles. The zero-order valence-corrected chi connectivity index (χ0v) is 16.6. The van der Waals surface area contributed by atoms with Crippen LogP contribution in [-0.4, -0.2) is 27.5 Å². The lowest BCUT2D eigenvalue weighted by atomic mass is 10.2. The molecule has 1 atom stereocenters. The smallest absolute Gasteiger partial charge is 0.307 e. The van der Waals surface area contributed by atoms with Gasteiger partial charge in [-0.25, -0.2) is 4.98 Å². The summed E-state index contributed by atoms with van der Waals surface area (Å²) in [6.07, 6.45) is -0.885. The second kappa shape index (κ2) is 9.01. The Kier molecular flexibility index (Phi) is 6.23. The first-order valence-corrected chi connectivity index (χ1v) is 9.35. The summed E-state index contributed by atoms with van der Waals surface area (Å²) in [5.41, 5.74) is 1.04. The van der Waals surface area contributed by atoms with Gasteiger partial charge in [-0.2, -0.15) is 5.26 Å². The van der Waals surface area contributed by atoms with Crippen molar-refractivity contribution in [2.45, 2.75) is 25.9 Å². The van der Waals surface area contributed by atoms with E-state index in [-0.39, 0.29) is 18.4 Å². The number of nitrogens with one attached hydrogen (secondary N) is 1. The average Bonchev–Trinajstić information content (AvgIpc) is 2.75. The minimum Gasteiger partial charge on any atom is -0.453 e. The van der Waals surface area contributed by atoms with Gasteiger partial charge >= 0.3 is 5.97 Å². The van der Waals surface area contributed by atoms with Crippen molar-refractivity contribution < 1.29 is 14.3 Å². The van der Waals surface area contributed by atoms with E-state index in [0.717, 1.165) is 0 Å². The van der Waals surface area contributed by atoms with E-state index in [1.807, 2.05) is 6.07 Å². The van der Waals surface area contributed by atoms with Crippen LogP contribution >= 0.6 is 0 Å². The topological polar surface area (TPSA) is 114 Å². The third-order valence-corrected chi connectivity index (χ3v) is 4.61. The SMILES string of the molecule is CC(OC(=O)CCc1nc2ccccc2c(=O)n1C)C(=O)Nc1ccccc1C#N. The third-order valence-electron chi connectivity index (χ3n) is 4.61. The van der Waals surface area contributed by atoms with E-state index in [0.29, 0.717) is 28.0 Å². The zero-order valence-electron chi connectivity index (χ0n) is 16.6. The fourth-order valence-electron chi connectivity index (χ4n) is 2.93. The number of para-hydroxylation sites is 2. The molecule has 152 valence electrons. The van der Waals surface area contributed by atoms with Crippen molar-refractivity contribution in [3.8, 4) is 6.07 Å². The number of aromatic nitrogens is 2. The summed E-state index contributed by atoms with van der Waals surface area (Å²) < 4.78 is 6.60. The Bertz CT molecular complexity index is 1210. The van der Waals surface area contributed by atoms with E-state index >= 15 is 0 Å². The molecule has 1 aromatic heterocycles. The Morgan fingerprint density at radius 3 is 2.67 bits per heavy atom. The molecule has 1 amide bonds. The molecular formula is C22H20N4O4. The fraction of sp³-hybridized carbons (Fsp3) is 0.227. The van der Waals surface area contributed by atoms with Crippen LogP contribution in [0.4, 0.5) is 5.69 Å². The number of benzene rings is 2. The van der Waals surface area contributed by atoms with Gasteiger partial charge in [0.05, 0.1) is 28.6 Å². The normalized spacial score (nSPS) is 11.5. The van der Waals surface area contributed by atoms with Crippen molar-refractivity contribution in [2.75, 3.05) is 5.32 Å². The second-order valence-electron chi connectivity index (χ2n) is 6.69. The molecule has 0 aliphatic heterocycles. The lowest BCUT2D eigenvalue weighted by Gasteiger charge is -2.14. The van der Waals surface area contributed by atoms with Crippen molar-refractivity contribution in [2.24, 2.45) is 7.05 Å². The maximum atomic E-state index is 12.4. The van der Waals surface area contributed by atoms with Gasteiger partial charge < -0.3 is 10.1 Å². The highest BCUT2D eigenvalue weighted by Gasteiger charge is 2.19. The molecule has 8 nitrogen and oxygen atoms in total. The summed E-state index contributed by atoms with van der Waals surface area (Å²) >= 11 is 0. The Labute approximate surface area is 172 Å². The first-order chi connectivity index (χ1) is 14.4. The number of amides is 1. The number of carbonyl (C=O) groups excluding carboxylic acids is 2. The first kappa shape index (κ1) is 20.7. The van der Waals surface area contributed by atoms with Crippen LogP contribution in [0.5, 0.6) is 0 Å². The van der Waals surface area contributed by atoms with Crippen molar-refractivity contribution in [1.29, 1.82) is 5.26 Å². The highest BCUT2D eigenvalue weighted by molar-refractivity contribution is 5.96. The van der Waals surface area contributed by atoms with Crippen LogP contribution < -0.4 is 10.9 Å². The van der Waals surface area contributed by atoms with Crippen LogP contribution in [0.1, 0.15) is 24.7 Å². The van der Waals surface area contributed by atoms with Crippen molar-refractivity contribution in [3.05, 3.63) is 70.3 Å². The molecule has 1 N–H and O–H groups in total. The number of esters is 1. The van der Waals surface area contributed by atoms with E-state index in [9.17, 15) is 14.4 Å². The number of hydrogen-bond donors (Lipinski definition) is 1. The molecule has 8 heteroatoms. The molecule has 3 aromatic rings. The van der Waals surface area contributed by atoms with E-state index < -0.39 is 18.0 Å². The number of nitriles is 1. The average molecular weight is 404 g/mol. The Morgan fingerprint density at radius 1 is 1.20 bits per heavy atom. The Hall–Kier alpha value is -3.99. The predicted molar refractivity (Wildman–Crippen MR) is 111 cm³/mol. The Morgan fingerprint density at radius 2 is 1.90 bits per heavy atom. The van der Waals surface area contributed by atoms with Gasteiger partial charge in [0.15, 0.2) is 6.10 Å². The standard InChI is InChI=1S/C22H20N4O4/c1-14(21(28)25-17-9-5-3-7-15(17)13-23)30-20(27)12-11-19-24-18-10-6-4-8-16(18)22(29)26(19)2/h3-10,14H,11-12H2,1-2H3,(H,25,28). The largest absolute Gasteiger partial charge is 0.453 e. The quantitative estimate of drug-likeness (QED) is 0.631. The molecule has 0 radical (unpaired) electrons. The molecule has 0 saturated heterocycles. The van der Waals surface area contributed by atoms with Crippen LogP contribution in [0.2, 0.25) is 0 Å². The van der Waals surface area contributed by atoms with Crippen LogP contribution in [0, 0.1) is 11.3 Å². The number of rotatable bonds is 6. The molecule has 0 bridgehead atoms. The summed E-state index contributed by atoms with van der Waals surface area (Å²) in [4.78, 5) is 41.3. The van der Waals surface area contributed by atoms with Crippen LogP contribution in [0.15, 0.2) is 53.3 Å². The summed E-state index contributed by atoms with van der Waals surface area (Å²) in [5, 5.41) is 12.2. The number of aryl methyl sites for hydroxylation is 1. The number of carbonyl (C=O) groups is 2. The van der Waals surface area contributed by atoms with Crippen molar-refractivity contribution in [3.63, 3.8) is 0 Å². The molecule has 1 heterocycles. The second-order valence-corrected chi connectivity index (χ2v) is 6.69. The van der Waals surface area contributed by atoms with Gasteiger partial charge in [-0.05, 0) is 31.2 Å². The van der Waals surface area contributed by atoms with Gasteiger partial charge in [0, 0.05) is 13.5 Å². The minimum absolute atomic E-state index is 0.0367. The maximum absolute atomic E-state index is 12.4. The molecule has 0 spiro atoms. The number of nitrogens with zero attached hydrogens (tertiary/aromatic N) is 3. The van der Waals surface area contributed by atoms with Crippen molar-refractivity contribution in [1.82, 2.24) is 9.55 Å². The molecular weight excluding hydrogens is 384 g/mol. The van der Waals surface area contributed by atoms with Gasteiger partial charge in [-0.15, -0.1) is 0 Å². The van der Waals surface area contributed by atoms with Gasteiger partial charge in [0.25, 0.3) is 11.5 Å². The van der Waals surface area contributed by atoms with E-state index in [2.05, 4.69) is 10.3 Å². The van der Waals surface area contributed by atoms with Gasteiger partial charge in [-0.3, -0.25) is 19.0 Å². The van der Waals surface area contributed by atoms with Crippen LogP contribution in [-0.2, 0) is 27.8 Å². The van der Waals surface area contributed by atoms with E-state index in [1.165, 1.54) is 11.5 Å². The predicted octanol–water partition coefficient (Wildman–Crippen LogP) is 2.31. The summed E-state index contributed by atoms with van der Waals surface area (Å²) in [5.74, 6) is -0.674. The first-order valence-electron chi connectivity index (χ1n) is 9.35. The molecule has 0 aliphatic rings. The minimum atomic E-state index is -1.04. The maximum Gasteiger partial charge on any atom is 0.307 e. The number of anilines is 1. The lowest BCUT2D eigenvalue weighted by Crippen LogP contribution is -2.30. The molecule has 0 saturated carbocycles. The van der Waals surface area contributed by atoms with E-state index in [4.69, 9.17) is 10.00 Å². The van der Waals surface area contributed by atoms with E-state index in [1.54, 1.807) is 55.6 Å². The lowest BCUT2D eigenvalue weighted by molar-refractivity contribution is -0.153. The molecule has 0 fully saturated rings. The summed E-state index contributed by atoms with van der Waals surface area (Å²) in [6, 6.07) is 15.5. The number of ether oxygens (including phenoxy) is 1. The Balaban J connectivity index is 1.61. The van der Waals surface area contributed by atoms with Gasteiger partial charge in [0.1, 0.15) is 11.9 Å². The molecule has 30 heavy (non-hydrogen) atoms. The van der Waals surface area contributed by atoms with Crippen molar-refractivity contribution >= 4 is 28.5 Å². The molecule has 2 aromatic carbocycles. The summed E-state index contributed by atoms with van der Waals surface area (Å²) in [6.45, 7) is 1.45. The number of hydrogen-bond acceptors (Lipinski definition) is 6. The zero-order chi connectivity index (χ0) is 21.7. The monoisotopic (exact) mass is 404 g/mol. The molecule has 3 rings (SSSR count).